The molecule has 92 valence electrons. The minimum atomic E-state index is -0.618. The molecule has 1 aliphatic rings. The molecule has 1 atom stereocenters. The summed E-state index contributed by atoms with van der Waals surface area (Å²) in [5.74, 6) is -0.946. The number of benzene rings is 1. The quantitative estimate of drug-likeness (QED) is 0.850. The van der Waals surface area contributed by atoms with Crippen molar-refractivity contribution >= 4 is 39.1 Å². The third-order valence-corrected chi connectivity index (χ3v) is 4.03. The molecule has 1 fully saturated rings. The molecule has 3 nitrogen and oxygen atoms in total. The second-order valence-electron chi connectivity index (χ2n) is 3.95. The fraction of sp³-hybridized carbons (Fsp3) is 0.364. The number of aliphatic hydroxyl groups is 1. The van der Waals surface area contributed by atoms with Crippen LogP contribution >= 0.6 is 27.5 Å². The topological polar surface area (TPSA) is 40.5 Å². The molecule has 0 aromatic heterocycles. The number of hydrogen-bond donors (Lipinski definition) is 1. The molecule has 1 heterocycles. The lowest BCUT2D eigenvalue weighted by atomic mass is 10.1. The lowest BCUT2D eigenvalue weighted by Gasteiger charge is -2.18. The molecule has 0 spiro atoms. The highest BCUT2D eigenvalue weighted by molar-refractivity contribution is 9.10. The number of anilines is 1. The summed E-state index contributed by atoms with van der Waals surface area (Å²) >= 11 is 8.88. The lowest BCUT2D eigenvalue weighted by Crippen LogP contribution is -2.26. The predicted octanol–water partition coefficient (Wildman–Crippen LogP) is 2.59. The van der Waals surface area contributed by atoms with Crippen molar-refractivity contribution in [2.75, 3.05) is 18.1 Å². The van der Waals surface area contributed by atoms with Gasteiger partial charge in [0.15, 0.2) is 5.82 Å². The molecular formula is C11H10BrClFNO2. The van der Waals surface area contributed by atoms with E-state index in [1.165, 1.54) is 11.0 Å². The fourth-order valence-electron chi connectivity index (χ4n) is 1.86. The van der Waals surface area contributed by atoms with Crippen LogP contribution in [0.5, 0.6) is 0 Å². The summed E-state index contributed by atoms with van der Waals surface area (Å²) in [6.45, 7) is 0.248. The zero-order valence-electron chi connectivity index (χ0n) is 8.79. The van der Waals surface area contributed by atoms with Crippen molar-refractivity contribution in [1.29, 1.82) is 0 Å². The van der Waals surface area contributed by atoms with E-state index in [1.54, 1.807) is 6.07 Å². The summed E-state index contributed by atoms with van der Waals surface area (Å²) in [7, 11) is 0. The van der Waals surface area contributed by atoms with E-state index in [0.29, 0.717) is 11.0 Å². The van der Waals surface area contributed by atoms with Gasteiger partial charge < -0.3 is 10.0 Å². The first-order chi connectivity index (χ1) is 8.04. The minimum Gasteiger partial charge on any atom is -0.396 e. The molecule has 0 saturated carbocycles. The van der Waals surface area contributed by atoms with Gasteiger partial charge in [0, 0.05) is 30.0 Å². The summed E-state index contributed by atoms with van der Waals surface area (Å²) in [6, 6.07) is 3.10. The Hall–Kier alpha value is -0.650. The molecule has 1 aromatic rings. The Morgan fingerprint density at radius 1 is 1.59 bits per heavy atom. The number of hydrogen-bond acceptors (Lipinski definition) is 2. The van der Waals surface area contributed by atoms with E-state index in [-0.39, 0.29) is 35.6 Å². The SMILES string of the molecule is O=C1CC(CO)CN1c1ccc(Br)c(Cl)c1F. The van der Waals surface area contributed by atoms with E-state index in [1.807, 2.05) is 0 Å². The maximum Gasteiger partial charge on any atom is 0.227 e. The van der Waals surface area contributed by atoms with Crippen molar-refractivity contribution in [3.05, 3.63) is 27.4 Å². The standard InChI is InChI=1S/C11H10BrClFNO2/c12-7-1-2-8(11(14)10(7)13)15-4-6(5-16)3-9(15)17/h1-2,6,16H,3-5H2. The van der Waals surface area contributed by atoms with Crippen molar-refractivity contribution in [2.24, 2.45) is 5.92 Å². The van der Waals surface area contributed by atoms with E-state index >= 15 is 0 Å². The van der Waals surface area contributed by atoms with Crippen LogP contribution in [0, 0.1) is 11.7 Å². The highest BCUT2D eigenvalue weighted by atomic mass is 79.9. The lowest BCUT2D eigenvalue weighted by molar-refractivity contribution is -0.117. The Morgan fingerprint density at radius 3 is 2.88 bits per heavy atom. The molecule has 0 bridgehead atoms. The van der Waals surface area contributed by atoms with Crippen LogP contribution in [0.3, 0.4) is 0 Å². The van der Waals surface area contributed by atoms with E-state index in [0.717, 1.165) is 0 Å². The molecular weight excluding hydrogens is 312 g/mol. The normalized spacial score (nSPS) is 20.1. The zero-order valence-corrected chi connectivity index (χ0v) is 11.1. The Labute approximate surface area is 111 Å². The van der Waals surface area contributed by atoms with Crippen LogP contribution in [0.15, 0.2) is 16.6 Å². The van der Waals surface area contributed by atoms with Gasteiger partial charge in [-0.15, -0.1) is 0 Å². The third kappa shape index (κ3) is 2.32. The highest BCUT2D eigenvalue weighted by Gasteiger charge is 2.32. The Morgan fingerprint density at radius 2 is 2.29 bits per heavy atom. The summed E-state index contributed by atoms with van der Waals surface area (Å²) in [4.78, 5) is 13.0. The number of rotatable bonds is 2. The number of carbonyl (C=O) groups excluding carboxylic acids is 1. The van der Waals surface area contributed by atoms with Gasteiger partial charge in [0.1, 0.15) is 0 Å². The van der Waals surface area contributed by atoms with Crippen molar-refractivity contribution in [3.8, 4) is 0 Å². The maximum atomic E-state index is 13.9. The van der Waals surface area contributed by atoms with Crippen molar-refractivity contribution in [1.82, 2.24) is 0 Å². The Balaban J connectivity index is 2.35. The van der Waals surface area contributed by atoms with Crippen LogP contribution in [0.1, 0.15) is 6.42 Å². The summed E-state index contributed by atoms with van der Waals surface area (Å²) in [6.07, 6.45) is 0.240. The van der Waals surface area contributed by atoms with Crippen molar-refractivity contribution < 1.29 is 14.3 Å². The van der Waals surface area contributed by atoms with E-state index in [9.17, 15) is 9.18 Å². The smallest absolute Gasteiger partial charge is 0.227 e. The molecule has 1 saturated heterocycles. The molecule has 1 aromatic carbocycles. The van der Waals surface area contributed by atoms with Gasteiger partial charge in [0.05, 0.1) is 10.7 Å². The predicted molar refractivity (Wildman–Crippen MR) is 66.7 cm³/mol. The van der Waals surface area contributed by atoms with Crippen LogP contribution in [0.25, 0.3) is 0 Å². The summed E-state index contributed by atoms with van der Waals surface area (Å²) < 4.78 is 14.4. The van der Waals surface area contributed by atoms with Gasteiger partial charge >= 0.3 is 0 Å². The number of halogens is 3. The van der Waals surface area contributed by atoms with Crippen LogP contribution in [0.2, 0.25) is 5.02 Å². The second kappa shape index (κ2) is 4.92. The first-order valence-electron chi connectivity index (χ1n) is 5.09. The summed E-state index contributed by atoms with van der Waals surface area (Å²) in [5, 5.41) is 8.97. The molecule has 1 amide bonds. The molecule has 1 unspecified atom stereocenters. The number of amides is 1. The number of carbonyl (C=O) groups is 1. The molecule has 1 aliphatic heterocycles. The van der Waals surface area contributed by atoms with Gasteiger partial charge in [-0.1, -0.05) is 11.6 Å². The minimum absolute atomic E-state index is 0.0391. The fourth-order valence-corrected chi connectivity index (χ4v) is 2.33. The van der Waals surface area contributed by atoms with Crippen LogP contribution in [0.4, 0.5) is 10.1 Å². The largest absolute Gasteiger partial charge is 0.396 e. The van der Waals surface area contributed by atoms with Crippen molar-refractivity contribution in [3.63, 3.8) is 0 Å². The van der Waals surface area contributed by atoms with Crippen molar-refractivity contribution in [2.45, 2.75) is 6.42 Å². The third-order valence-electron chi connectivity index (χ3n) is 2.77. The average Bonchev–Trinajstić information content (AvgIpc) is 2.68. The number of aliphatic hydroxyl groups excluding tert-OH is 1. The van der Waals surface area contributed by atoms with Crippen LogP contribution < -0.4 is 4.90 Å². The van der Waals surface area contributed by atoms with Gasteiger partial charge in [-0.2, -0.15) is 0 Å². The number of nitrogens with zero attached hydrogens (tertiary/aromatic N) is 1. The van der Waals surface area contributed by atoms with E-state index in [2.05, 4.69) is 15.9 Å². The summed E-state index contributed by atoms with van der Waals surface area (Å²) in [5.41, 5.74) is 0.166. The molecule has 2 rings (SSSR count). The maximum absolute atomic E-state index is 13.9. The highest BCUT2D eigenvalue weighted by Crippen LogP contribution is 2.34. The Kier molecular flexibility index (Phi) is 3.70. The van der Waals surface area contributed by atoms with Crippen LogP contribution in [-0.4, -0.2) is 24.2 Å². The zero-order chi connectivity index (χ0) is 12.6. The van der Waals surface area contributed by atoms with E-state index in [4.69, 9.17) is 16.7 Å². The van der Waals surface area contributed by atoms with Gasteiger partial charge in [0.25, 0.3) is 0 Å². The molecule has 0 aliphatic carbocycles. The first kappa shape index (κ1) is 12.8. The van der Waals surface area contributed by atoms with Gasteiger partial charge in [-0.25, -0.2) is 4.39 Å². The average molecular weight is 323 g/mol. The molecule has 17 heavy (non-hydrogen) atoms. The van der Waals surface area contributed by atoms with E-state index < -0.39 is 5.82 Å². The van der Waals surface area contributed by atoms with Gasteiger partial charge in [-0.3, -0.25) is 4.79 Å². The monoisotopic (exact) mass is 321 g/mol. The van der Waals surface area contributed by atoms with Gasteiger partial charge in [-0.05, 0) is 28.1 Å². The van der Waals surface area contributed by atoms with Crippen LogP contribution in [-0.2, 0) is 4.79 Å². The first-order valence-corrected chi connectivity index (χ1v) is 6.26. The van der Waals surface area contributed by atoms with Gasteiger partial charge in [0.2, 0.25) is 5.91 Å². The molecule has 6 heteroatoms. The molecule has 0 radical (unpaired) electrons. The Bertz CT molecular complexity index is 469. The second-order valence-corrected chi connectivity index (χ2v) is 5.18. The molecule has 1 N–H and O–H groups in total.